The van der Waals surface area contributed by atoms with Gasteiger partial charge in [-0.3, -0.25) is 4.79 Å². The number of benzene rings is 1. The number of fused-ring (bicyclic) bond motifs is 1. The van der Waals surface area contributed by atoms with Crippen LogP contribution in [0.2, 0.25) is 0 Å². The Morgan fingerprint density at radius 3 is 2.88 bits per heavy atom. The van der Waals surface area contributed by atoms with E-state index in [0.717, 1.165) is 27.9 Å². The van der Waals surface area contributed by atoms with E-state index < -0.39 is 0 Å². The Balaban J connectivity index is 2.41. The highest BCUT2D eigenvalue weighted by atomic mass is 32.2. The topological polar surface area (TPSA) is 29.5 Å². The summed E-state index contributed by atoms with van der Waals surface area (Å²) in [6.45, 7) is 4.50. The van der Waals surface area contributed by atoms with Gasteiger partial charge in [-0.25, -0.2) is 0 Å². The maximum absolute atomic E-state index is 11.2. The minimum absolute atomic E-state index is 0.0747. The lowest BCUT2D eigenvalue weighted by Gasteiger charge is -2.17. The molecule has 4 heteroatoms. The van der Waals surface area contributed by atoms with Crippen LogP contribution in [0.25, 0.3) is 0 Å². The second-order valence-corrected chi connectivity index (χ2v) is 4.84. The average Bonchev–Trinajstić information content (AvgIpc) is 2.63. The number of ketones is 1. The number of nitrogens with zero attached hydrogens (tertiary/aromatic N) is 1. The summed E-state index contributed by atoms with van der Waals surface area (Å²) in [5.74, 6) is 0.919. The number of carbonyl (C=O) groups excluding carboxylic acids is 1. The van der Waals surface area contributed by atoms with Crippen LogP contribution in [0.5, 0.6) is 5.75 Å². The van der Waals surface area contributed by atoms with E-state index >= 15 is 0 Å². The summed E-state index contributed by atoms with van der Waals surface area (Å²) in [6, 6.07) is 5.98. The molecule has 1 aliphatic rings. The minimum atomic E-state index is 0.0747. The summed E-state index contributed by atoms with van der Waals surface area (Å²) >= 11 is 1.61. The fourth-order valence-corrected chi connectivity index (χ4v) is 3.07. The molecule has 0 aromatic heterocycles. The molecule has 0 saturated carbocycles. The van der Waals surface area contributed by atoms with E-state index in [2.05, 4.69) is 11.8 Å². The molecule has 1 aliphatic heterocycles. The number of methoxy groups -OCH3 is 1. The van der Waals surface area contributed by atoms with E-state index in [1.165, 1.54) is 0 Å². The van der Waals surface area contributed by atoms with E-state index in [1.54, 1.807) is 31.9 Å². The van der Waals surface area contributed by atoms with Gasteiger partial charge in [0.2, 0.25) is 0 Å². The third-order valence-electron chi connectivity index (χ3n) is 2.58. The van der Waals surface area contributed by atoms with Crippen LogP contribution in [0, 0.1) is 0 Å². The van der Waals surface area contributed by atoms with Crippen LogP contribution in [0.4, 0.5) is 5.69 Å². The number of hydrogen-bond acceptors (Lipinski definition) is 4. The molecular weight excluding hydrogens is 234 g/mol. The van der Waals surface area contributed by atoms with Crippen molar-refractivity contribution in [3.05, 3.63) is 29.3 Å². The molecule has 0 unspecified atom stereocenters. The molecule has 0 N–H and O–H groups in total. The lowest BCUT2D eigenvalue weighted by Crippen LogP contribution is -2.17. The molecule has 17 heavy (non-hydrogen) atoms. The van der Waals surface area contributed by atoms with Crippen LogP contribution in [-0.4, -0.2) is 19.4 Å². The Labute approximate surface area is 105 Å². The maximum Gasteiger partial charge on any atom is 0.155 e. The van der Waals surface area contributed by atoms with Crippen molar-refractivity contribution >= 4 is 23.2 Å². The van der Waals surface area contributed by atoms with Crippen LogP contribution in [-0.2, 0) is 4.79 Å². The van der Waals surface area contributed by atoms with Crippen molar-refractivity contribution < 1.29 is 9.53 Å². The molecule has 0 radical (unpaired) electrons. The standard InChI is InChI=1S/C13H15NO2S/c1-4-14-11-6-5-10(16-3)8-12(11)17-13(14)7-9(2)15/h5-8H,4H2,1-3H3. The van der Waals surface area contributed by atoms with Gasteiger partial charge in [0.1, 0.15) is 5.75 Å². The molecule has 1 aromatic rings. The number of allylic oxidation sites excluding steroid dienone is 1. The van der Waals surface area contributed by atoms with Crippen LogP contribution in [0.3, 0.4) is 0 Å². The van der Waals surface area contributed by atoms with E-state index in [1.807, 2.05) is 18.2 Å². The zero-order valence-corrected chi connectivity index (χ0v) is 11.0. The highest BCUT2D eigenvalue weighted by molar-refractivity contribution is 8.03. The Morgan fingerprint density at radius 1 is 1.53 bits per heavy atom. The van der Waals surface area contributed by atoms with Crippen molar-refractivity contribution in [3.63, 3.8) is 0 Å². The van der Waals surface area contributed by atoms with Gasteiger partial charge in [0.25, 0.3) is 0 Å². The largest absolute Gasteiger partial charge is 0.497 e. The van der Waals surface area contributed by atoms with Crippen molar-refractivity contribution in [2.75, 3.05) is 18.6 Å². The molecule has 0 fully saturated rings. The molecule has 1 aromatic carbocycles. The Kier molecular flexibility index (Phi) is 3.43. The Morgan fingerprint density at radius 2 is 2.29 bits per heavy atom. The second-order valence-electron chi connectivity index (χ2n) is 3.77. The van der Waals surface area contributed by atoms with Gasteiger partial charge in [-0.05, 0) is 32.0 Å². The highest BCUT2D eigenvalue weighted by Gasteiger charge is 2.24. The molecule has 0 saturated heterocycles. The third-order valence-corrected chi connectivity index (χ3v) is 3.68. The van der Waals surface area contributed by atoms with Crippen molar-refractivity contribution in [2.24, 2.45) is 0 Å². The fourth-order valence-electron chi connectivity index (χ4n) is 1.82. The Hall–Kier alpha value is -1.42. The molecular formula is C13H15NO2S. The molecule has 0 spiro atoms. The van der Waals surface area contributed by atoms with E-state index in [4.69, 9.17) is 4.74 Å². The summed E-state index contributed by atoms with van der Waals surface area (Å²) in [4.78, 5) is 14.5. The average molecular weight is 249 g/mol. The van der Waals surface area contributed by atoms with Crippen LogP contribution in [0.15, 0.2) is 34.2 Å². The minimum Gasteiger partial charge on any atom is -0.497 e. The lowest BCUT2D eigenvalue weighted by atomic mass is 10.2. The van der Waals surface area contributed by atoms with Crippen molar-refractivity contribution in [1.82, 2.24) is 0 Å². The molecule has 2 rings (SSSR count). The van der Waals surface area contributed by atoms with E-state index in [0.29, 0.717) is 0 Å². The van der Waals surface area contributed by atoms with Gasteiger partial charge < -0.3 is 9.64 Å². The van der Waals surface area contributed by atoms with Gasteiger partial charge in [0.15, 0.2) is 5.78 Å². The predicted octanol–water partition coefficient (Wildman–Crippen LogP) is 3.06. The lowest BCUT2D eigenvalue weighted by molar-refractivity contribution is -0.112. The fraction of sp³-hybridized carbons (Fsp3) is 0.308. The quantitative estimate of drug-likeness (QED) is 0.770. The first-order chi connectivity index (χ1) is 8.15. The first kappa shape index (κ1) is 12.0. The summed E-state index contributed by atoms with van der Waals surface area (Å²) < 4.78 is 5.21. The molecule has 1 heterocycles. The zero-order valence-electron chi connectivity index (χ0n) is 10.2. The number of hydrogen-bond donors (Lipinski definition) is 0. The number of ether oxygens (including phenoxy) is 1. The predicted molar refractivity (Wildman–Crippen MR) is 70.6 cm³/mol. The van der Waals surface area contributed by atoms with Gasteiger partial charge in [-0.1, -0.05) is 11.8 Å². The van der Waals surface area contributed by atoms with Crippen LogP contribution >= 0.6 is 11.8 Å². The van der Waals surface area contributed by atoms with E-state index in [9.17, 15) is 4.79 Å². The normalized spacial score (nSPS) is 16.2. The Bertz CT molecular complexity index is 482. The van der Waals surface area contributed by atoms with Crippen LogP contribution in [0.1, 0.15) is 13.8 Å². The monoisotopic (exact) mass is 249 g/mol. The number of carbonyl (C=O) groups is 1. The number of rotatable bonds is 3. The smallest absolute Gasteiger partial charge is 0.155 e. The molecule has 0 atom stereocenters. The molecule has 90 valence electrons. The van der Waals surface area contributed by atoms with Crippen LogP contribution < -0.4 is 9.64 Å². The second kappa shape index (κ2) is 4.84. The van der Waals surface area contributed by atoms with Crippen molar-refractivity contribution in [1.29, 1.82) is 0 Å². The molecule has 3 nitrogen and oxygen atoms in total. The summed E-state index contributed by atoms with van der Waals surface area (Å²) in [5, 5.41) is 0.989. The van der Waals surface area contributed by atoms with Gasteiger partial charge in [-0.2, -0.15) is 0 Å². The third kappa shape index (κ3) is 2.31. The van der Waals surface area contributed by atoms with Gasteiger partial charge in [0, 0.05) is 17.5 Å². The first-order valence-electron chi connectivity index (χ1n) is 5.51. The molecule has 0 aliphatic carbocycles. The molecule has 0 bridgehead atoms. The number of anilines is 1. The molecule has 0 amide bonds. The van der Waals surface area contributed by atoms with Crippen molar-refractivity contribution in [3.8, 4) is 5.75 Å². The van der Waals surface area contributed by atoms with E-state index in [-0.39, 0.29) is 5.78 Å². The summed E-state index contributed by atoms with van der Waals surface area (Å²) in [6.07, 6.45) is 1.68. The number of thioether (sulfide) groups is 1. The van der Waals surface area contributed by atoms with Crippen molar-refractivity contribution in [2.45, 2.75) is 18.7 Å². The van der Waals surface area contributed by atoms with Gasteiger partial charge in [0.05, 0.1) is 17.8 Å². The first-order valence-corrected chi connectivity index (χ1v) is 6.33. The maximum atomic E-state index is 11.2. The summed E-state index contributed by atoms with van der Waals surface area (Å²) in [7, 11) is 1.66. The highest BCUT2D eigenvalue weighted by Crippen LogP contribution is 2.47. The SMILES string of the molecule is CCN1C(=CC(C)=O)Sc2cc(OC)ccc21. The summed E-state index contributed by atoms with van der Waals surface area (Å²) in [5.41, 5.74) is 1.14. The van der Waals surface area contributed by atoms with Gasteiger partial charge >= 0.3 is 0 Å². The zero-order chi connectivity index (χ0) is 12.4. The van der Waals surface area contributed by atoms with Gasteiger partial charge in [-0.15, -0.1) is 0 Å².